The molecule has 1 rings (SSSR count). The van der Waals surface area contributed by atoms with Crippen molar-refractivity contribution >= 4 is 22.6 Å². The highest BCUT2D eigenvalue weighted by molar-refractivity contribution is 7.09. The summed E-state index contributed by atoms with van der Waals surface area (Å²) in [4.78, 5) is 15.0. The molecular formula is C9H15N3O2S. The Morgan fingerprint density at radius 3 is 2.67 bits per heavy atom. The van der Waals surface area contributed by atoms with Crippen LogP contribution in [0.1, 0.15) is 26.1 Å². The van der Waals surface area contributed by atoms with E-state index in [9.17, 15) is 4.79 Å². The Bertz CT molecular complexity index is 338. The van der Waals surface area contributed by atoms with Crippen molar-refractivity contribution in [2.75, 3.05) is 5.32 Å². The van der Waals surface area contributed by atoms with E-state index in [1.54, 1.807) is 6.92 Å². The number of anilines is 1. The molecule has 0 saturated carbocycles. The highest BCUT2D eigenvalue weighted by Gasteiger charge is 2.19. The average molecular weight is 229 g/mol. The van der Waals surface area contributed by atoms with Gasteiger partial charge in [-0.2, -0.15) is 4.37 Å². The van der Waals surface area contributed by atoms with Crippen LogP contribution >= 0.6 is 11.5 Å². The zero-order valence-electron chi connectivity index (χ0n) is 9.02. The summed E-state index contributed by atoms with van der Waals surface area (Å²) in [6.07, 6.45) is 0.577. The third-order valence-electron chi connectivity index (χ3n) is 1.83. The molecule has 1 unspecified atom stereocenters. The molecule has 1 aromatic rings. The highest BCUT2D eigenvalue weighted by atomic mass is 32.1. The van der Waals surface area contributed by atoms with Crippen LogP contribution in [0.4, 0.5) is 5.13 Å². The molecule has 0 bridgehead atoms. The zero-order chi connectivity index (χ0) is 11.4. The van der Waals surface area contributed by atoms with Gasteiger partial charge in [0.25, 0.3) is 0 Å². The number of aromatic nitrogens is 2. The van der Waals surface area contributed by atoms with Gasteiger partial charge in [-0.3, -0.25) is 0 Å². The SMILES string of the molecule is Cc1nsc(NC(CC(C)C)C(=O)O)n1. The largest absolute Gasteiger partial charge is 0.480 e. The number of hydrogen-bond donors (Lipinski definition) is 2. The van der Waals surface area contributed by atoms with Crippen LogP contribution in [0.25, 0.3) is 0 Å². The Labute approximate surface area is 92.7 Å². The van der Waals surface area contributed by atoms with Crippen LogP contribution in [0.15, 0.2) is 0 Å². The second kappa shape index (κ2) is 5.06. The summed E-state index contributed by atoms with van der Waals surface area (Å²) in [6, 6.07) is -0.586. The molecule has 0 aliphatic heterocycles. The number of nitrogens with zero attached hydrogens (tertiary/aromatic N) is 2. The maximum atomic E-state index is 10.9. The maximum Gasteiger partial charge on any atom is 0.326 e. The van der Waals surface area contributed by atoms with E-state index in [4.69, 9.17) is 5.11 Å². The lowest BCUT2D eigenvalue weighted by Gasteiger charge is -2.14. The van der Waals surface area contributed by atoms with Gasteiger partial charge < -0.3 is 10.4 Å². The average Bonchev–Trinajstić information content (AvgIpc) is 2.49. The number of carbonyl (C=O) groups is 1. The minimum Gasteiger partial charge on any atom is -0.480 e. The molecule has 0 aliphatic carbocycles. The first-order valence-electron chi connectivity index (χ1n) is 4.78. The van der Waals surface area contributed by atoms with Crippen molar-refractivity contribution in [2.24, 2.45) is 5.92 Å². The van der Waals surface area contributed by atoms with Crippen molar-refractivity contribution in [1.82, 2.24) is 9.36 Å². The maximum absolute atomic E-state index is 10.9. The number of rotatable bonds is 5. The van der Waals surface area contributed by atoms with Crippen molar-refractivity contribution in [2.45, 2.75) is 33.2 Å². The normalized spacial score (nSPS) is 12.8. The molecule has 0 aliphatic rings. The van der Waals surface area contributed by atoms with E-state index in [-0.39, 0.29) is 0 Å². The van der Waals surface area contributed by atoms with Crippen molar-refractivity contribution in [3.05, 3.63) is 5.82 Å². The monoisotopic (exact) mass is 229 g/mol. The molecule has 0 saturated heterocycles. The van der Waals surface area contributed by atoms with Gasteiger partial charge in [-0.25, -0.2) is 9.78 Å². The molecule has 0 radical (unpaired) electrons. The summed E-state index contributed by atoms with van der Waals surface area (Å²) < 4.78 is 3.98. The smallest absolute Gasteiger partial charge is 0.326 e. The minimum atomic E-state index is -0.850. The number of aryl methyl sites for hydroxylation is 1. The first kappa shape index (κ1) is 11.9. The standard InChI is InChI=1S/C9H15N3O2S/c1-5(2)4-7(8(13)14)11-9-10-6(3)12-15-9/h5,7H,4H2,1-3H3,(H,13,14)(H,10,11,12). The van der Waals surface area contributed by atoms with Crippen molar-refractivity contribution in [3.8, 4) is 0 Å². The summed E-state index contributed by atoms with van der Waals surface area (Å²) in [5.41, 5.74) is 0. The Morgan fingerprint density at radius 2 is 2.27 bits per heavy atom. The van der Waals surface area contributed by atoms with E-state index < -0.39 is 12.0 Å². The van der Waals surface area contributed by atoms with E-state index in [0.29, 0.717) is 23.3 Å². The van der Waals surface area contributed by atoms with Gasteiger partial charge in [0.05, 0.1) is 0 Å². The van der Waals surface area contributed by atoms with Gasteiger partial charge in [-0.1, -0.05) is 13.8 Å². The molecule has 0 fully saturated rings. The van der Waals surface area contributed by atoms with E-state index in [2.05, 4.69) is 14.7 Å². The number of nitrogens with one attached hydrogen (secondary N) is 1. The molecule has 0 amide bonds. The Hall–Kier alpha value is -1.17. The van der Waals surface area contributed by atoms with Gasteiger partial charge in [0.2, 0.25) is 5.13 Å². The fourth-order valence-corrected chi connectivity index (χ4v) is 1.82. The fraction of sp³-hybridized carbons (Fsp3) is 0.667. The van der Waals surface area contributed by atoms with Crippen LogP contribution in [0.3, 0.4) is 0 Å². The molecular weight excluding hydrogens is 214 g/mol. The quantitative estimate of drug-likeness (QED) is 0.804. The summed E-state index contributed by atoms with van der Waals surface area (Å²) in [7, 11) is 0. The Kier molecular flexibility index (Phi) is 4.02. The van der Waals surface area contributed by atoms with Gasteiger partial charge >= 0.3 is 5.97 Å². The first-order chi connectivity index (χ1) is 6.99. The molecule has 5 nitrogen and oxygen atoms in total. The lowest BCUT2D eigenvalue weighted by Crippen LogP contribution is -2.30. The van der Waals surface area contributed by atoms with Crippen LogP contribution in [0.5, 0.6) is 0 Å². The van der Waals surface area contributed by atoms with Gasteiger partial charge in [0.1, 0.15) is 11.9 Å². The molecule has 0 spiro atoms. The minimum absolute atomic E-state index is 0.326. The summed E-state index contributed by atoms with van der Waals surface area (Å²) in [5, 5.41) is 12.4. The van der Waals surface area contributed by atoms with Crippen molar-refractivity contribution in [1.29, 1.82) is 0 Å². The van der Waals surface area contributed by atoms with Crippen molar-refractivity contribution in [3.63, 3.8) is 0 Å². The van der Waals surface area contributed by atoms with E-state index >= 15 is 0 Å². The summed E-state index contributed by atoms with van der Waals surface area (Å²) >= 11 is 1.19. The third kappa shape index (κ3) is 3.83. The molecule has 0 aromatic carbocycles. The van der Waals surface area contributed by atoms with Crippen LogP contribution in [0, 0.1) is 12.8 Å². The fourth-order valence-electron chi connectivity index (χ4n) is 1.20. The van der Waals surface area contributed by atoms with Crippen LogP contribution in [-0.4, -0.2) is 26.5 Å². The second-order valence-electron chi connectivity index (χ2n) is 3.81. The molecule has 1 aromatic heterocycles. The molecule has 2 N–H and O–H groups in total. The van der Waals surface area contributed by atoms with E-state index in [0.717, 1.165) is 0 Å². The number of hydrogen-bond acceptors (Lipinski definition) is 5. The van der Waals surface area contributed by atoms with E-state index in [1.807, 2.05) is 13.8 Å². The molecule has 1 atom stereocenters. The van der Waals surface area contributed by atoms with Crippen LogP contribution in [0.2, 0.25) is 0 Å². The predicted octanol–water partition coefficient (Wildman–Crippen LogP) is 1.76. The predicted molar refractivity (Wildman–Crippen MR) is 59.1 cm³/mol. The summed E-state index contributed by atoms with van der Waals surface area (Å²) in [6.45, 7) is 5.76. The molecule has 1 heterocycles. The first-order valence-corrected chi connectivity index (χ1v) is 5.56. The lowest BCUT2D eigenvalue weighted by molar-refractivity contribution is -0.138. The second-order valence-corrected chi connectivity index (χ2v) is 4.56. The number of carboxylic acids is 1. The van der Waals surface area contributed by atoms with Crippen molar-refractivity contribution < 1.29 is 9.90 Å². The summed E-state index contributed by atoms with van der Waals surface area (Å²) in [5.74, 6) is 0.139. The molecule has 6 heteroatoms. The Morgan fingerprint density at radius 1 is 1.60 bits per heavy atom. The van der Waals surface area contributed by atoms with Gasteiger partial charge in [0, 0.05) is 11.5 Å². The zero-order valence-corrected chi connectivity index (χ0v) is 9.84. The lowest BCUT2D eigenvalue weighted by atomic mass is 10.0. The highest BCUT2D eigenvalue weighted by Crippen LogP contribution is 2.15. The molecule has 15 heavy (non-hydrogen) atoms. The van der Waals surface area contributed by atoms with Gasteiger partial charge in [-0.15, -0.1) is 0 Å². The van der Waals surface area contributed by atoms with Gasteiger partial charge in [0.15, 0.2) is 0 Å². The van der Waals surface area contributed by atoms with Gasteiger partial charge in [-0.05, 0) is 19.3 Å². The van der Waals surface area contributed by atoms with E-state index in [1.165, 1.54) is 11.5 Å². The van der Waals surface area contributed by atoms with Crippen LogP contribution < -0.4 is 5.32 Å². The number of carboxylic acid groups (broad SMARTS) is 1. The number of aliphatic carboxylic acids is 1. The van der Waals surface area contributed by atoms with Crippen LogP contribution in [-0.2, 0) is 4.79 Å². The third-order valence-corrected chi connectivity index (χ3v) is 2.57. The molecule has 84 valence electrons. The topological polar surface area (TPSA) is 75.1 Å². The Balaban J connectivity index is 2.62.